The van der Waals surface area contributed by atoms with E-state index in [1.54, 1.807) is 0 Å². The molecule has 0 aromatic carbocycles. The topological polar surface area (TPSA) is 54.3 Å². The van der Waals surface area contributed by atoms with Crippen LogP contribution in [0.5, 0.6) is 0 Å². The van der Waals surface area contributed by atoms with E-state index in [2.05, 4.69) is 23.7 Å². The van der Waals surface area contributed by atoms with Gasteiger partial charge in [0.2, 0.25) is 5.91 Å². The molecule has 1 unspecified atom stereocenters. The third-order valence-corrected chi connectivity index (χ3v) is 3.96. The first kappa shape index (κ1) is 16.1. The highest BCUT2D eigenvalue weighted by molar-refractivity contribution is 5.76. The van der Waals surface area contributed by atoms with Gasteiger partial charge in [0.25, 0.3) is 0 Å². The Morgan fingerprint density at radius 2 is 2.14 bits per heavy atom. The molecule has 2 N–H and O–H groups in total. The summed E-state index contributed by atoms with van der Waals surface area (Å²) in [6.45, 7) is 11.0. The zero-order valence-corrected chi connectivity index (χ0v) is 13.9. The van der Waals surface area contributed by atoms with Crippen molar-refractivity contribution in [1.82, 2.24) is 9.88 Å². The zero-order chi connectivity index (χ0) is 15.8. The van der Waals surface area contributed by atoms with Crippen molar-refractivity contribution in [3.8, 4) is 0 Å². The summed E-state index contributed by atoms with van der Waals surface area (Å²) in [6.07, 6.45) is 3.84. The van der Waals surface area contributed by atoms with Gasteiger partial charge in [0.1, 0.15) is 0 Å². The standard InChI is InChI=1S/C17H28N2O2/c1-16(2,3)18-15(21)7-9-19-8-6-12-13(19)10-17(4,5)11-14(12)20/h6,8,14,20H,7,9-11H2,1-5H3,(H,18,21). The van der Waals surface area contributed by atoms with Crippen LogP contribution in [-0.2, 0) is 17.8 Å². The lowest BCUT2D eigenvalue weighted by Gasteiger charge is -2.34. The normalized spacial score (nSPS) is 21.0. The Bertz CT molecular complexity index is 523. The van der Waals surface area contributed by atoms with Gasteiger partial charge in [0, 0.05) is 36.0 Å². The van der Waals surface area contributed by atoms with Crippen molar-refractivity contribution in [3.05, 3.63) is 23.5 Å². The van der Waals surface area contributed by atoms with E-state index in [4.69, 9.17) is 0 Å². The van der Waals surface area contributed by atoms with Gasteiger partial charge in [-0.1, -0.05) is 13.8 Å². The second kappa shape index (κ2) is 5.48. The van der Waals surface area contributed by atoms with Crippen molar-refractivity contribution >= 4 is 5.91 Å². The van der Waals surface area contributed by atoms with Crippen molar-refractivity contribution in [1.29, 1.82) is 0 Å². The quantitative estimate of drug-likeness (QED) is 0.900. The van der Waals surface area contributed by atoms with E-state index in [-0.39, 0.29) is 23.0 Å². The molecule has 1 aromatic rings. The molecular weight excluding hydrogens is 264 g/mol. The van der Waals surface area contributed by atoms with E-state index in [0.717, 1.165) is 18.4 Å². The molecule has 0 fully saturated rings. The fraction of sp³-hybridized carbons (Fsp3) is 0.706. The van der Waals surface area contributed by atoms with Gasteiger partial charge in [-0.25, -0.2) is 0 Å². The Morgan fingerprint density at radius 1 is 1.48 bits per heavy atom. The number of nitrogens with zero attached hydrogens (tertiary/aromatic N) is 1. The predicted molar refractivity (Wildman–Crippen MR) is 84.0 cm³/mol. The van der Waals surface area contributed by atoms with Gasteiger partial charge in [-0.3, -0.25) is 4.79 Å². The molecule has 1 aliphatic carbocycles. The van der Waals surface area contributed by atoms with Gasteiger partial charge in [0.05, 0.1) is 6.10 Å². The van der Waals surface area contributed by atoms with Crippen LogP contribution in [0.3, 0.4) is 0 Å². The van der Waals surface area contributed by atoms with Crippen LogP contribution in [0.4, 0.5) is 0 Å². The van der Waals surface area contributed by atoms with Gasteiger partial charge in [-0.15, -0.1) is 0 Å². The molecule has 1 aliphatic rings. The number of aryl methyl sites for hydroxylation is 1. The highest BCUT2D eigenvalue weighted by Gasteiger charge is 2.33. The fourth-order valence-corrected chi connectivity index (χ4v) is 3.10. The molecule has 0 saturated heterocycles. The van der Waals surface area contributed by atoms with Crippen LogP contribution in [0.1, 0.15) is 64.8 Å². The van der Waals surface area contributed by atoms with Crippen molar-refractivity contribution < 1.29 is 9.90 Å². The second-order valence-corrected chi connectivity index (χ2v) is 8.02. The van der Waals surface area contributed by atoms with Gasteiger partial charge in [-0.05, 0) is 45.1 Å². The maximum absolute atomic E-state index is 11.9. The lowest BCUT2D eigenvalue weighted by atomic mass is 9.75. The lowest BCUT2D eigenvalue weighted by molar-refractivity contribution is -0.122. The number of nitrogens with one attached hydrogen (secondary N) is 1. The molecule has 2 rings (SSSR count). The molecule has 21 heavy (non-hydrogen) atoms. The predicted octanol–water partition coefficient (Wildman–Crippen LogP) is 2.80. The van der Waals surface area contributed by atoms with Crippen molar-refractivity contribution in [2.75, 3.05) is 0 Å². The van der Waals surface area contributed by atoms with Crippen LogP contribution >= 0.6 is 0 Å². The minimum Gasteiger partial charge on any atom is -0.388 e. The zero-order valence-electron chi connectivity index (χ0n) is 13.9. The summed E-state index contributed by atoms with van der Waals surface area (Å²) in [7, 11) is 0. The number of amides is 1. The van der Waals surface area contributed by atoms with Gasteiger partial charge in [-0.2, -0.15) is 0 Å². The number of hydrogen-bond acceptors (Lipinski definition) is 2. The molecule has 0 aliphatic heterocycles. The van der Waals surface area contributed by atoms with E-state index in [0.29, 0.717) is 13.0 Å². The minimum atomic E-state index is -0.381. The van der Waals surface area contributed by atoms with Gasteiger partial charge >= 0.3 is 0 Å². The van der Waals surface area contributed by atoms with Crippen LogP contribution in [0.25, 0.3) is 0 Å². The van der Waals surface area contributed by atoms with E-state index in [9.17, 15) is 9.90 Å². The molecular formula is C17H28N2O2. The number of carbonyl (C=O) groups excluding carboxylic acids is 1. The third kappa shape index (κ3) is 4.10. The van der Waals surface area contributed by atoms with Crippen LogP contribution in [0.15, 0.2) is 12.3 Å². The van der Waals surface area contributed by atoms with E-state index < -0.39 is 0 Å². The Morgan fingerprint density at radius 3 is 2.76 bits per heavy atom. The Labute approximate surface area is 127 Å². The minimum absolute atomic E-state index is 0.0700. The molecule has 4 nitrogen and oxygen atoms in total. The molecule has 1 aromatic heterocycles. The molecule has 1 heterocycles. The Hall–Kier alpha value is -1.29. The van der Waals surface area contributed by atoms with Crippen LogP contribution in [-0.4, -0.2) is 21.1 Å². The highest BCUT2D eigenvalue weighted by atomic mass is 16.3. The average molecular weight is 292 g/mol. The van der Waals surface area contributed by atoms with Crippen molar-refractivity contribution in [2.24, 2.45) is 5.41 Å². The summed E-state index contributed by atoms with van der Waals surface area (Å²) in [6, 6.07) is 2.00. The van der Waals surface area contributed by atoms with Crippen molar-refractivity contribution in [3.63, 3.8) is 0 Å². The molecule has 1 atom stereocenters. The van der Waals surface area contributed by atoms with Gasteiger partial charge < -0.3 is 15.0 Å². The molecule has 0 spiro atoms. The smallest absolute Gasteiger partial charge is 0.222 e. The first-order valence-corrected chi connectivity index (χ1v) is 7.74. The molecule has 0 radical (unpaired) electrons. The lowest BCUT2D eigenvalue weighted by Crippen LogP contribution is -2.40. The number of hydrogen-bond donors (Lipinski definition) is 2. The number of rotatable bonds is 3. The molecule has 118 valence electrons. The SMILES string of the molecule is CC1(C)Cc2c(ccn2CCC(=O)NC(C)(C)C)C(O)C1. The van der Waals surface area contributed by atoms with Crippen LogP contribution in [0, 0.1) is 5.41 Å². The summed E-state index contributed by atoms with van der Waals surface area (Å²) in [4.78, 5) is 11.9. The largest absolute Gasteiger partial charge is 0.388 e. The monoisotopic (exact) mass is 292 g/mol. The van der Waals surface area contributed by atoms with E-state index in [1.807, 2.05) is 33.0 Å². The first-order valence-electron chi connectivity index (χ1n) is 7.74. The number of aliphatic hydroxyl groups excluding tert-OH is 1. The summed E-state index contributed by atoms with van der Waals surface area (Å²) < 4.78 is 2.13. The Balaban J connectivity index is 2.05. The average Bonchev–Trinajstić information content (AvgIpc) is 2.65. The molecule has 0 bridgehead atoms. The van der Waals surface area contributed by atoms with E-state index in [1.165, 1.54) is 5.69 Å². The highest BCUT2D eigenvalue weighted by Crippen LogP contribution is 2.41. The summed E-state index contributed by atoms with van der Waals surface area (Å²) in [5, 5.41) is 13.2. The molecule has 4 heteroatoms. The summed E-state index contributed by atoms with van der Waals surface area (Å²) >= 11 is 0. The van der Waals surface area contributed by atoms with Crippen molar-refractivity contribution in [2.45, 2.75) is 72.1 Å². The van der Waals surface area contributed by atoms with E-state index >= 15 is 0 Å². The Kier molecular flexibility index (Phi) is 4.20. The maximum Gasteiger partial charge on any atom is 0.222 e. The molecule has 0 saturated carbocycles. The number of fused-ring (bicyclic) bond motifs is 1. The summed E-state index contributed by atoms with van der Waals surface area (Å²) in [5.74, 6) is 0.0700. The maximum atomic E-state index is 11.9. The number of aliphatic hydroxyl groups is 1. The van der Waals surface area contributed by atoms with Crippen LogP contribution in [0.2, 0.25) is 0 Å². The van der Waals surface area contributed by atoms with Crippen LogP contribution < -0.4 is 5.32 Å². The third-order valence-electron chi connectivity index (χ3n) is 3.96. The van der Waals surface area contributed by atoms with Gasteiger partial charge in [0.15, 0.2) is 0 Å². The number of aromatic nitrogens is 1. The first-order chi connectivity index (χ1) is 9.57. The molecule has 1 amide bonds. The second-order valence-electron chi connectivity index (χ2n) is 8.02. The number of carbonyl (C=O) groups is 1. The fourth-order valence-electron chi connectivity index (χ4n) is 3.10. The summed E-state index contributed by atoms with van der Waals surface area (Å²) in [5.41, 5.74) is 2.13.